The summed E-state index contributed by atoms with van der Waals surface area (Å²) in [6, 6.07) is 7.96. The molecule has 0 aliphatic carbocycles. The number of fused-ring (bicyclic) bond motifs is 3. The van der Waals surface area contributed by atoms with Crippen LogP contribution < -0.4 is 4.90 Å². The van der Waals surface area contributed by atoms with E-state index in [0.717, 1.165) is 11.3 Å². The number of rotatable bonds is 0. The van der Waals surface area contributed by atoms with Crippen LogP contribution in [0.4, 0.5) is 5.69 Å². The van der Waals surface area contributed by atoms with Gasteiger partial charge < -0.3 is 9.64 Å². The molecule has 3 heteroatoms. The van der Waals surface area contributed by atoms with Crippen molar-refractivity contribution in [1.29, 1.82) is 0 Å². The number of benzene rings is 1. The molecule has 0 spiro atoms. The zero-order valence-electron chi connectivity index (χ0n) is 7.93. The quantitative estimate of drug-likeness (QED) is 0.579. The Kier molecular flexibility index (Phi) is 1.47. The van der Waals surface area contributed by atoms with Crippen LogP contribution in [-0.4, -0.2) is 18.6 Å². The van der Waals surface area contributed by atoms with Crippen LogP contribution >= 0.6 is 0 Å². The monoisotopic (exact) mass is 189 g/mol. The highest BCUT2D eigenvalue weighted by molar-refractivity contribution is 5.93. The molecule has 14 heavy (non-hydrogen) atoms. The molecule has 2 heterocycles. The minimum absolute atomic E-state index is 0.0893. The Morgan fingerprint density at radius 2 is 2.29 bits per heavy atom. The molecule has 0 unspecified atom stereocenters. The van der Waals surface area contributed by atoms with Crippen LogP contribution in [0.2, 0.25) is 0 Å². The first-order valence-corrected chi connectivity index (χ1v) is 4.80. The number of nitrogens with zero attached hydrogens (tertiary/aromatic N) is 1. The standard InChI is InChI=1S/C11H11NO2/c1-7(13)12-6-10-11(14-10)8-4-2-3-5-9(8)12/h2-5,10-11H,6H2,1H3/t10-,11-/m1/s1. The molecule has 72 valence electrons. The van der Waals surface area contributed by atoms with Gasteiger partial charge in [0.15, 0.2) is 0 Å². The third kappa shape index (κ3) is 0.990. The summed E-state index contributed by atoms with van der Waals surface area (Å²) in [6.45, 7) is 2.30. The first-order valence-electron chi connectivity index (χ1n) is 4.80. The lowest BCUT2D eigenvalue weighted by atomic mass is 10.0. The van der Waals surface area contributed by atoms with Gasteiger partial charge in [-0.25, -0.2) is 0 Å². The van der Waals surface area contributed by atoms with Crippen molar-refractivity contribution >= 4 is 11.6 Å². The number of para-hydroxylation sites is 1. The maximum atomic E-state index is 11.4. The summed E-state index contributed by atoms with van der Waals surface area (Å²) in [5.74, 6) is 0.0893. The average Bonchev–Trinajstić information content (AvgIpc) is 2.95. The fourth-order valence-electron chi connectivity index (χ4n) is 2.11. The van der Waals surface area contributed by atoms with E-state index in [1.54, 1.807) is 11.8 Å². The molecular weight excluding hydrogens is 178 g/mol. The molecule has 1 amide bonds. The fraction of sp³-hybridized carbons (Fsp3) is 0.364. The van der Waals surface area contributed by atoms with Gasteiger partial charge in [0, 0.05) is 18.2 Å². The Morgan fingerprint density at radius 3 is 3.07 bits per heavy atom. The van der Waals surface area contributed by atoms with Gasteiger partial charge in [0.25, 0.3) is 0 Å². The zero-order valence-corrected chi connectivity index (χ0v) is 7.93. The number of hydrogen-bond donors (Lipinski definition) is 0. The second kappa shape index (κ2) is 2.58. The Morgan fingerprint density at radius 1 is 1.50 bits per heavy atom. The zero-order chi connectivity index (χ0) is 9.71. The molecule has 0 N–H and O–H groups in total. The molecule has 0 aromatic heterocycles. The fourth-order valence-corrected chi connectivity index (χ4v) is 2.11. The van der Waals surface area contributed by atoms with Gasteiger partial charge in [0.2, 0.25) is 5.91 Å². The largest absolute Gasteiger partial charge is 0.362 e. The molecule has 0 radical (unpaired) electrons. The Balaban J connectivity index is 2.11. The topological polar surface area (TPSA) is 32.8 Å². The van der Waals surface area contributed by atoms with Gasteiger partial charge in [-0.1, -0.05) is 18.2 Å². The van der Waals surface area contributed by atoms with Gasteiger partial charge in [-0.05, 0) is 6.07 Å². The first kappa shape index (κ1) is 8.00. The van der Waals surface area contributed by atoms with Crippen molar-refractivity contribution < 1.29 is 9.53 Å². The van der Waals surface area contributed by atoms with E-state index in [2.05, 4.69) is 0 Å². The minimum Gasteiger partial charge on any atom is -0.362 e. The van der Waals surface area contributed by atoms with Crippen molar-refractivity contribution in [2.75, 3.05) is 11.4 Å². The van der Waals surface area contributed by atoms with Gasteiger partial charge in [-0.15, -0.1) is 0 Å². The third-order valence-electron chi connectivity index (χ3n) is 2.86. The highest BCUT2D eigenvalue weighted by atomic mass is 16.6. The van der Waals surface area contributed by atoms with Gasteiger partial charge in [0.05, 0.1) is 6.54 Å². The smallest absolute Gasteiger partial charge is 0.223 e. The number of ether oxygens (including phenoxy) is 1. The van der Waals surface area contributed by atoms with E-state index in [1.165, 1.54) is 0 Å². The van der Waals surface area contributed by atoms with Crippen LogP contribution in [-0.2, 0) is 9.53 Å². The summed E-state index contributed by atoms with van der Waals surface area (Å²) in [5.41, 5.74) is 2.16. The predicted molar refractivity (Wildman–Crippen MR) is 52.1 cm³/mol. The van der Waals surface area contributed by atoms with Crippen LogP contribution in [0.5, 0.6) is 0 Å². The van der Waals surface area contributed by atoms with Crippen molar-refractivity contribution in [2.45, 2.75) is 19.1 Å². The summed E-state index contributed by atoms with van der Waals surface area (Å²) in [7, 11) is 0. The lowest BCUT2D eigenvalue weighted by Crippen LogP contribution is -2.35. The Bertz CT molecular complexity index is 402. The van der Waals surface area contributed by atoms with E-state index in [-0.39, 0.29) is 18.1 Å². The van der Waals surface area contributed by atoms with Crippen molar-refractivity contribution in [3.8, 4) is 0 Å². The number of carbonyl (C=O) groups excluding carboxylic acids is 1. The first-order chi connectivity index (χ1) is 6.77. The summed E-state index contributed by atoms with van der Waals surface area (Å²) in [4.78, 5) is 13.2. The van der Waals surface area contributed by atoms with Gasteiger partial charge in [-0.3, -0.25) is 4.79 Å². The SMILES string of the molecule is CC(=O)N1C[C@H]2O[C@@H]2c2ccccc21. The molecule has 1 fully saturated rings. The number of amides is 1. The Hall–Kier alpha value is -1.35. The van der Waals surface area contributed by atoms with E-state index < -0.39 is 0 Å². The van der Waals surface area contributed by atoms with Crippen LogP contribution in [0.15, 0.2) is 24.3 Å². The molecule has 2 atom stereocenters. The number of hydrogen-bond acceptors (Lipinski definition) is 2. The highest BCUT2D eigenvalue weighted by Crippen LogP contribution is 2.47. The van der Waals surface area contributed by atoms with Crippen molar-refractivity contribution in [3.63, 3.8) is 0 Å². The molecule has 0 bridgehead atoms. The summed E-state index contributed by atoms with van der Waals surface area (Å²) >= 11 is 0. The van der Waals surface area contributed by atoms with E-state index in [4.69, 9.17) is 4.74 Å². The molecule has 3 nitrogen and oxygen atoms in total. The maximum absolute atomic E-state index is 11.4. The van der Waals surface area contributed by atoms with Crippen LogP contribution in [0.25, 0.3) is 0 Å². The van der Waals surface area contributed by atoms with Crippen LogP contribution in [0, 0.1) is 0 Å². The average molecular weight is 189 g/mol. The molecule has 1 saturated heterocycles. The lowest BCUT2D eigenvalue weighted by Gasteiger charge is -2.25. The molecule has 0 saturated carbocycles. The molecule has 2 aliphatic rings. The second-order valence-corrected chi connectivity index (χ2v) is 3.78. The van der Waals surface area contributed by atoms with E-state index in [1.807, 2.05) is 24.3 Å². The van der Waals surface area contributed by atoms with Gasteiger partial charge >= 0.3 is 0 Å². The molecule has 1 aromatic rings. The number of anilines is 1. The number of carbonyl (C=O) groups is 1. The van der Waals surface area contributed by atoms with Crippen molar-refractivity contribution in [3.05, 3.63) is 29.8 Å². The van der Waals surface area contributed by atoms with E-state index >= 15 is 0 Å². The summed E-state index contributed by atoms with van der Waals surface area (Å²) < 4.78 is 5.49. The lowest BCUT2D eigenvalue weighted by molar-refractivity contribution is -0.116. The van der Waals surface area contributed by atoms with Crippen LogP contribution in [0.3, 0.4) is 0 Å². The van der Waals surface area contributed by atoms with Crippen molar-refractivity contribution in [1.82, 2.24) is 0 Å². The van der Waals surface area contributed by atoms with Gasteiger partial charge in [0.1, 0.15) is 12.2 Å². The summed E-state index contributed by atoms with van der Waals surface area (Å²) in [5, 5.41) is 0. The molecule has 2 aliphatic heterocycles. The highest BCUT2D eigenvalue weighted by Gasteiger charge is 2.47. The predicted octanol–water partition coefficient (Wildman–Crippen LogP) is 1.49. The van der Waals surface area contributed by atoms with Gasteiger partial charge in [-0.2, -0.15) is 0 Å². The van der Waals surface area contributed by atoms with Crippen LogP contribution in [0.1, 0.15) is 18.6 Å². The molecule has 1 aromatic carbocycles. The van der Waals surface area contributed by atoms with E-state index in [9.17, 15) is 4.79 Å². The molecular formula is C11H11NO2. The van der Waals surface area contributed by atoms with E-state index in [0.29, 0.717) is 6.54 Å². The summed E-state index contributed by atoms with van der Waals surface area (Å²) in [6.07, 6.45) is 0.468. The maximum Gasteiger partial charge on any atom is 0.223 e. The normalized spacial score (nSPS) is 27.9. The number of epoxide rings is 1. The minimum atomic E-state index is 0.0893. The second-order valence-electron chi connectivity index (χ2n) is 3.78. The Labute approximate surface area is 82.3 Å². The van der Waals surface area contributed by atoms with Crippen molar-refractivity contribution in [2.24, 2.45) is 0 Å². The third-order valence-corrected chi connectivity index (χ3v) is 2.86. The molecule has 3 rings (SSSR count).